The fourth-order valence-electron chi connectivity index (χ4n) is 2.28. The van der Waals surface area contributed by atoms with Crippen LogP contribution < -0.4 is 9.47 Å². The highest BCUT2D eigenvalue weighted by Crippen LogP contribution is 2.42. The smallest absolute Gasteiger partial charge is 0.371 e. The quantitative estimate of drug-likeness (QED) is 0.752. The van der Waals surface area contributed by atoms with E-state index in [1.165, 1.54) is 6.07 Å². The molecule has 0 aliphatic rings. The summed E-state index contributed by atoms with van der Waals surface area (Å²) in [6, 6.07) is 6.81. The van der Waals surface area contributed by atoms with Gasteiger partial charge in [-0.2, -0.15) is 0 Å². The van der Waals surface area contributed by atoms with Crippen LogP contribution in [0.3, 0.4) is 0 Å². The Bertz CT molecular complexity index is 742. The number of carboxylic acid groups (broad SMARTS) is 1. The number of methoxy groups -OCH3 is 1. The molecule has 2 aromatic rings. The summed E-state index contributed by atoms with van der Waals surface area (Å²) in [5.74, 6) is 0.664. The summed E-state index contributed by atoms with van der Waals surface area (Å²) < 4.78 is 17.5. The molecule has 0 aliphatic carbocycles. The third-order valence-electron chi connectivity index (χ3n) is 3.59. The molecule has 1 unspecified atom stereocenters. The van der Waals surface area contributed by atoms with Gasteiger partial charge < -0.3 is 19.0 Å². The van der Waals surface area contributed by atoms with Gasteiger partial charge in [-0.25, -0.2) is 4.79 Å². The monoisotopic (exact) mass is 396 g/mol. The molecule has 0 saturated carbocycles. The Balaban J connectivity index is 2.38. The normalized spacial score (nSPS) is 12.8. The van der Waals surface area contributed by atoms with Gasteiger partial charge in [0, 0.05) is 5.56 Å². The zero-order valence-electron chi connectivity index (χ0n) is 14.3. The summed E-state index contributed by atoms with van der Waals surface area (Å²) in [5, 5.41) is 8.97. The molecule has 0 radical (unpaired) electrons. The minimum Gasteiger partial charge on any atom is -0.497 e. The first-order valence-corrected chi connectivity index (χ1v) is 8.30. The van der Waals surface area contributed by atoms with E-state index in [0.29, 0.717) is 11.5 Å². The van der Waals surface area contributed by atoms with Crippen LogP contribution in [-0.4, -0.2) is 18.2 Å². The fourth-order valence-corrected chi connectivity index (χ4v) is 2.82. The Kier molecular flexibility index (Phi) is 5.28. The van der Waals surface area contributed by atoms with Crippen molar-refractivity contribution in [2.75, 3.05) is 7.11 Å². The van der Waals surface area contributed by atoms with Gasteiger partial charge in [0.1, 0.15) is 17.3 Å². The number of benzene rings is 1. The van der Waals surface area contributed by atoms with Gasteiger partial charge in [-0.1, -0.05) is 20.8 Å². The Morgan fingerprint density at radius 2 is 1.96 bits per heavy atom. The minimum absolute atomic E-state index is 0.106. The van der Waals surface area contributed by atoms with Gasteiger partial charge in [0.2, 0.25) is 5.76 Å². The predicted octanol–water partition coefficient (Wildman–Crippen LogP) is 5.19. The number of aromatic carboxylic acids is 1. The molecule has 5 nitrogen and oxygen atoms in total. The third kappa shape index (κ3) is 3.93. The number of hydrogen-bond donors (Lipinski definition) is 1. The molecule has 1 heterocycles. The summed E-state index contributed by atoms with van der Waals surface area (Å²) in [5.41, 5.74) is 0.812. The van der Waals surface area contributed by atoms with E-state index in [1.54, 1.807) is 13.2 Å². The van der Waals surface area contributed by atoms with Gasteiger partial charge in [0.25, 0.3) is 0 Å². The first-order chi connectivity index (χ1) is 11.1. The van der Waals surface area contributed by atoms with Crippen LogP contribution in [0.25, 0.3) is 0 Å². The van der Waals surface area contributed by atoms with Gasteiger partial charge in [-0.3, -0.25) is 0 Å². The standard InChI is InChI=1S/C18H21BrO5/c1-10(14-6-7-15(24-14)17(20)21)23-16-12(18(2,3)4)8-11(22-5)9-13(16)19/h6-10H,1-5H3,(H,20,21). The average Bonchev–Trinajstić information content (AvgIpc) is 2.97. The van der Waals surface area contributed by atoms with Crippen LogP contribution in [0.5, 0.6) is 11.5 Å². The molecule has 0 spiro atoms. The third-order valence-corrected chi connectivity index (χ3v) is 4.18. The van der Waals surface area contributed by atoms with Crippen LogP contribution >= 0.6 is 15.9 Å². The Labute approximate surface area is 149 Å². The molecule has 2 rings (SSSR count). The maximum Gasteiger partial charge on any atom is 0.371 e. The molecule has 1 N–H and O–H groups in total. The second-order valence-corrected chi connectivity index (χ2v) is 7.36. The van der Waals surface area contributed by atoms with Crippen LogP contribution in [0.2, 0.25) is 0 Å². The van der Waals surface area contributed by atoms with Crippen molar-refractivity contribution in [2.24, 2.45) is 0 Å². The maximum absolute atomic E-state index is 10.9. The molecular formula is C18H21BrO5. The number of halogens is 1. The number of carbonyl (C=O) groups is 1. The van der Waals surface area contributed by atoms with E-state index in [9.17, 15) is 4.79 Å². The summed E-state index contributed by atoms with van der Waals surface area (Å²) in [6.45, 7) is 8.07. The van der Waals surface area contributed by atoms with Crippen molar-refractivity contribution < 1.29 is 23.8 Å². The number of rotatable bonds is 5. The minimum atomic E-state index is -1.10. The lowest BCUT2D eigenvalue weighted by Crippen LogP contribution is -2.15. The molecule has 1 atom stereocenters. The number of carboxylic acids is 1. The summed E-state index contributed by atoms with van der Waals surface area (Å²) in [7, 11) is 1.62. The summed E-state index contributed by atoms with van der Waals surface area (Å²) in [4.78, 5) is 10.9. The van der Waals surface area contributed by atoms with Crippen molar-refractivity contribution in [1.82, 2.24) is 0 Å². The molecular weight excluding hydrogens is 376 g/mol. The van der Waals surface area contributed by atoms with Gasteiger partial charge in [0.15, 0.2) is 6.10 Å². The number of hydrogen-bond acceptors (Lipinski definition) is 4. The molecule has 0 bridgehead atoms. The van der Waals surface area contributed by atoms with Crippen molar-refractivity contribution >= 4 is 21.9 Å². The zero-order chi connectivity index (χ0) is 18.1. The fraction of sp³-hybridized carbons (Fsp3) is 0.389. The van der Waals surface area contributed by atoms with Gasteiger partial charge in [-0.05, 0) is 52.5 Å². The number of ether oxygens (including phenoxy) is 2. The largest absolute Gasteiger partial charge is 0.497 e. The second-order valence-electron chi connectivity index (χ2n) is 6.50. The molecule has 0 aliphatic heterocycles. The molecule has 24 heavy (non-hydrogen) atoms. The Hall–Kier alpha value is -1.95. The van der Waals surface area contributed by atoms with Crippen molar-refractivity contribution in [3.63, 3.8) is 0 Å². The highest BCUT2D eigenvalue weighted by molar-refractivity contribution is 9.10. The highest BCUT2D eigenvalue weighted by atomic mass is 79.9. The lowest BCUT2D eigenvalue weighted by molar-refractivity contribution is 0.0655. The van der Waals surface area contributed by atoms with Crippen LogP contribution in [0.4, 0.5) is 0 Å². The Morgan fingerprint density at radius 1 is 1.29 bits per heavy atom. The predicted molar refractivity (Wildman–Crippen MR) is 94.1 cm³/mol. The van der Waals surface area contributed by atoms with Gasteiger partial charge in [-0.15, -0.1) is 0 Å². The topological polar surface area (TPSA) is 68.9 Å². The second kappa shape index (κ2) is 6.89. The maximum atomic E-state index is 10.9. The van der Waals surface area contributed by atoms with E-state index in [4.69, 9.17) is 19.0 Å². The van der Waals surface area contributed by atoms with Gasteiger partial charge >= 0.3 is 5.97 Å². The zero-order valence-corrected chi connectivity index (χ0v) is 15.9. The highest BCUT2D eigenvalue weighted by Gasteiger charge is 2.25. The molecule has 6 heteroatoms. The molecule has 130 valence electrons. The van der Waals surface area contributed by atoms with Crippen LogP contribution in [0.1, 0.15) is 55.7 Å². The van der Waals surface area contributed by atoms with E-state index >= 15 is 0 Å². The molecule has 0 amide bonds. The van der Waals surface area contributed by atoms with E-state index in [1.807, 2.05) is 19.1 Å². The van der Waals surface area contributed by atoms with E-state index in [0.717, 1.165) is 15.8 Å². The van der Waals surface area contributed by atoms with Crippen LogP contribution in [0, 0.1) is 0 Å². The van der Waals surface area contributed by atoms with Crippen molar-refractivity contribution in [3.05, 3.63) is 45.8 Å². The first-order valence-electron chi connectivity index (χ1n) is 7.51. The van der Waals surface area contributed by atoms with Crippen molar-refractivity contribution in [2.45, 2.75) is 39.2 Å². The molecule has 0 fully saturated rings. The lowest BCUT2D eigenvalue weighted by Gasteiger charge is -2.26. The van der Waals surface area contributed by atoms with E-state index in [2.05, 4.69) is 36.7 Å². The first kappa shape index (κ1) is 18.4. The van der Waals surface area contributed by atoms with Crippen LogP contribution in [-0.2, 0) is 5.41 Å². The summed E-state index contributed by atoms with van der Waals surface area (Å²) in [6.07, 6.45) is -0.441. The SMILES string of the molecule is COc1cc(Br)c(OC(C)c2ccc(C(=O)O)o2)c(C(C)(C)C)c1. The van der Waals surface area contributed by atoms with E-state index < -0.39 is 12.1 Å². The average molecular weight is 397 g/mol. The van der Waals surface area contributed by atoms with E-state index in [-0.39, 0.29) is 11.2 Å². The number of furan rings is 1. The van der Waals surface area contributed by atoms with Crippen LogP contribution in [0.15, 0.2) is 33.2 Å². The molecule has 0 saturated heterocycles. The molecule has 1 aromatic carbocycles. The van der Waals surface area contributed by atoms with Crippen molar-refractivity contribution in [3.8, 4) is 11.5 Å². The lowest BCUT2D eigenvalue weighted by atomic mass is 9.86. The van der Waals surface area contributed by atoms with Crippen molar-refractivity contribution in [1.29, 1.82) is 0 Å². The van der Waals surface area contributed by atoms with Gasteiger partial charge in [0.05, 0.1) is 11.6 Å². The molecule has 1 aromatic heterocycles. The summed E-state index contributed by atoms with van der Waals surface area (Å²) >= 11 is 3.53. The Morgan fingerprint density at radius 3 is 2.46 bits per heavy atom.